The van der Waals surface area contributed by atoms with Crippen molar-refractivity contribution < 1.29 is 0 Å². The van der Waals surface area contributed by atoms with Gasteiger partial charge in [-0.3, -0.25) is 0 Å². The summed E-state index contributed by atoms with van der Waals surface area (Å²) in [6.45, 7) is 13.4. The average Bonchev–Trinajstić information content (AvgIpc) is 1.56. The van der Waals surface area contributed by atoms with Gasteiger partial charge in [-0.05, 0) is 24.2 Å². The zero-order valence-corrected chi connectivity index (χ0v) is 8.86. The van der Waals surface area contributed by atoms with Gasteiger partial charge in [0, 0.05) is 6.04 Å². The van der Waals surface area contributed by atoms with E-state index in [1.54, 1.807) is 0 Å². The largest absolute Gasteiger partial charge is 0.327 e. The van der Waals surface area contributed by atoms with Crippen molar-refractivity contribution in [2.24, 2.45) is 16.6 Å². The molecule has 0 amide bonds. The Bertz CT molecular complexity index is 117. The van der Waals surface area contributed by atoms with Crippen molar-refractivity contribution in [2.75, 3.05) is 0 Å². The quantitative estimate of drug-likeness (QED) is 0.655. The molecule has 0 aromatic carbocycles. The van der Waals surface area contributed by atoms with Crippen molar-refractivity contribution in [3.8, 4) is 0 Å². The fourth-order valence-corrected chi connectivity index (χ4v) is 1.53. The normalized spacial score (nSPS) is 16.6. The molecule has 2 N–H and O–H groups in total. The summed E-state index contributed by atoms with van der Waals surface area (Å²) in [7, 11) is 0. The lowest BCUT2D eigenvalue weighted by atomic mass is 9.73. The molecule has 0 aliphatic heterocycles. The van der Waals surface area contributed by atoms with E-state index in [2.05, 4.69) is 41.5 Å². The second kappa shape index (κ2) is 3.14. The van der Waals surface area contributed by atoms with Crippen molar-refractivity contribution in [3.05, 3.63) is 0 Å². The van der Waals surface area contributed by atoms with E-state index >= 15 is 0 Å². The lowest BCUT2D eigenvalue weighted by Gasteiger charge is -2.35. The molecule has 0 aliphatic rings. The van der Waals surface area contributed by atoms with Gasteiger partial charge in [-0.1, -0.05) is 34.6 Å². The first-order valence-corrected chi connectivity index (χ1v) is 4.41. The van der Waals surface area contributed by atoms with Gasteiger partial charge in [-0.15, -0.1) is 0 Å². The Morgan fingerprint density at radius 2 is 1.45 bits per heavy atom. The van der Waals surface area contributed by atoms with Crippen LogP contribution in [0, 0.1) is 10.8 Å². The zero-order chi connectivity index (χ0) is 9.28. The molecule has 0 radical (unpaired) electrons. The Morgan fingerprint density at radius 3 is 1.55 bits per heavy atom. The Morgan fingerprint density at radius 1 is 1.09 bits per heavy atom. The molecule has 0 saturated heterocycles. The van der Waals surface area contributed by atoms with E-state index in [1.807, 2.05) is 0 Å². The Kier molecular flexibility index (Phi) is 3.13. The smallest absolute Gasteiger partial charge is 0.00619 e. The van der Waals surface area contributed by atoms with Crippen LogP contribution < -0.4 is 5.73 Å². The van der Waals surface area contributed by atoms with Crippen molar-refractivity contribution in [1.29, 1.82) is 0 Å². The zero-order valence-electron chi connectivity index (χ0n) is 8.86. The Balaban J connectivity index is 4.13. The lowest BCUT2D eigenvalue weighted by Crippen LogP contribution is -2.37. The molecule has 68 valence electrons. The SMILES string of the molecule is CC(N)C(C)(C)CC(C)(C)C. The fraction of sp³-hybridized carbons (Fsp3) is 1.00. The van der Waals surface area contributed by atoms with Crippen molar-refractivity contribution >= 4 is 0 Å². The van der Waals surface area contributed by atoms with Crippen LogP contribution in [0.5, 0.6) is 0 Å². The van der Waals surface area contributed by atoms with Crippen LogP contribution >= 0.6 is 0 Å². The van der Waals surface area contributed by atoms with Crippen LogP contribution in [0.1, 0.15) is 48.0 Å². The lowest BCUT2D eigenvalue weighted by molar-refractivity contribution is 0.182. The molecule has 0 rings (SSSR count). The molecule has 1 heteroatoms. The molecule has 1 atom stereocenters. The van der Waals surface area contributed by atoms with E-state index in [0.29, 0.717) is 5.41 Å². The number of nitrogens with two attached hydrogens (primary N) is 1. The topological polar surface area (TPSA) is 26.0 Å². The number of hydrogen-bond acceptors (Lipinski definition) is 1. The van der Waals surface area contributed by atoms with Gasteiger partial charge in [0.2, 0.25) is 0 Å². The van der Waals surface area contributed by atoms with Crippen molar-refractivity contribution in [2.45, 2.75) is 54.0 Å². The van der Waals surface area contributed by atoms with Gasteiger partial charge in [0.05, 0.1) is 0 Å². The first kappa shape index (κ1) is 11.0. The highest BCUT2D eigenvalue weighted by Gasteiger charge is 2.28. The minimum absolute atomic E-state index is 0.262. The number of rotatable bonds is 2. The highest BCUT2D eigenvalue weighted by molar-refractivity contribution is 4.82. The second-order valence-corrected chi connectivity index (χ2v) is 5.51. The van der Waals surface area contributed by atoms with E-state index in [1.165, 1.54) is 6.42 Å². The standard InChI is InChI=1S/C10H23N/c1-8(11)10(5,6)7-9(2,3)4/h8H,7,11H2,1-6H3. The summed E-state index contributed by atoms with van der Waals surface area (Å²) in [5.41, 5.74) is 6.53. The third-order valence-electron chi connectivity index (χ3n) is 2.22. The van der Waals surface area contributed by atoms with Gasteiger partial charge in [0.15, 0.2) is 0 Å². The first-order chi connectivity index (χ1) is 4.65. The molecule has 1 unspecified atom stereocenters. The van der Waals surface area contributed by atoms with Gasteiger partial charge < -0.3 is 5.73 Å². The van der Waals surface area contributed by atoms with E-state index in [9.17, 15) is 0 Å². The summed E-state index contributed by atoms with van der Waals surface area (Å²) < 4.78 is 0. The molecule has 0 aromatic heterocycles. The van der Waals surface area contributed by atoms with Gasteiger partial charge in [0.25, 0.3) is 0 Å². The van der Waals surface area contributed by atoms with Crippen LogP contribution in [0.15, 0.2) is 0 Å². The minimum Gasteiger partial charge on any atom is -0.327 e. The van der Waals surface area contributed by atoms with Crippen LogP contribution in [-0.4, -0.2) is 6.04 Å². The third kappa shape index (κ3) is 4.41. The monoisotopic (exact) mass is 157 g/mol. The molecule has 0 aliphatic carbocycles. The van der Waals surface area contributed by atoms with Gasteiger partial charge >= 0.3 is 0 Å². The fourth-order valence-electron chi connectivity index (χ4n) is 1.53. The number of hydrogen-bond donors (Lipinski definition) is 1. The Labute approximate surface area is 71.4 Å². The molecule has 0 fully saturated rings. The van der Waals surface area contributed by atoms with E-state index in [-0.39, 0.29) is 11.5 Å². The Hall–Kier alpha value is -0.0400. The van der Waals surface area contributed by atoms with Crippen LogP contribution in [0.3, 0.4) is 0 Å². The second-order valence-electron chi connectivity index (χ2n) is 5.51. The maximum atomic E-state index is 5.88. The van der Waals surface area contributed by atoms with Gasteiger partial charge in [0.1, 0.15) is 0 Å². The van der Waals surface area contributed by atoms with E-state index in [4.69, 9.17) is 5.73 Å². The molecule has 0 spiro atoms. The predicted octanol–water partition coefficient (Wildman–Crippen LogP) is 2.80. The van der Waals surface area contributed by atoms with E-state index in [0.717, 1.165) is 0 Å². The molecule has 0 aromatic rings. The molecule has 0 saturated carbocycles. The maximum Gasteiger partial charge on any atom is 0.00619 e. The van der Waals surface area contributed by atoms with Crippen LogP contribution in [0.25, 0.3) is 0 Å². The summed E-state index contributed by atoms with van der Waals surface area (Å²) in [6, 6.07) is 0.279. The van der Waals surface area contributed by atoms with Crippen LogP contribution in [0.2, 0.25) is 0 Å². The third-order valence-corrected chi connectivity index (χ3v) is 2.22. The predicted molar refractivity (Wildman–Crippen MR) is 51.5 cm³/mol. The van der Waals surface area contributed by atoms with Crippen molar-refractivity contribution in [1.82, 2.24) is 0 Å². The van der Waals surface area contributed by atoms with Gasteiger partial charge in [-0.25, -0.2) is 0 Å². The molecule has 11 heavy (non-hydrogen) atoms. The highest BCUT2D eigenvalue weighted by atomic mass is 14.7. The molecule has 1 nitrogen and oxygen atoms in total. The highest BCUT2D eigenvalue weighted by Crippen LogP contribution is 2.34. The molecular weight excluding hydrogens is 134 g/mol. The molecular formula is C10H23N. The molecule has 0 bridgehead atoms. The van der Waals surface area contributed by atoms with Crippen LogP contribution in [0.4, 0.5) is 0 Å². The summed E-state index contributed by atoms with van der Waals surface area (Å²) in [5.74, 6) is 0. The summed E-state index contributed by atoms with van der Waals surface area (Å²) >= 11 is 0. The van der Waals surface area contributed by atoms with Crippen molar-refractivity contribution in [3.63, 3.8) is 0 Å². The summed E-state index contributed by atoms with van der Waals surface area (Å²) in [4.78, 5) is 0. The molecule has 0 heterocycles. The minimum atomic E-state index is 0.262. The van der Waals surface area contributed by atoms with Gasteiger partial charge in [-0.2, -0.15) is 0 Å². The average molecular weight is 157 g/mol. The summed E-state index contributed by atoms with van der Waals surface area (Å²) in [6.07, 6.45) is 1.18. The van der Waals surface area contributed by atoms with Crippen LogP contribution in [-0.2, 0) is 0 Å². The first-order valence-electron chi connectivity index (χ1n) is 4.41. The van der Waals surface area contributed by atoms with E-state index < -0.39 is 0 Å². The maximum absolute atomic E-state index is 5.88. The summed E-state index contributed by atoms with van der Waals surface area (Å²) in [5, 5.41) is 0.